The van der Waals surface area contributed by atoms with Crippen LogP contribution in [0.1, 0.15) is 29.3 Å². The number of hydrogen-bond acceptors (Lipinski definition) is 6. The van der Waals surface area contributed by atoms with Crippen LogP contribution in [-0.2, 0) is 16.0 Å². The van der Waals surface area contributed by atoms with Gasteiger partial charge in [-0.1, -0.05) is 0 Å². The number of hydrogen-bond donors (Lipinski definition) is 0. The van der Waals surface area contributed by atoms with E-state index in [0.29, 0.717) is 23.7 Å². The Morgan fingerprint density at radius 1 is 0.964 bits per heavy atom. The predicted molar refractivity (Wildman–Crippen MR) is 101 cm³/mol. The van der Waals surface area contributed by atoms with E-state index in [2.05, 4.69) is 0 Å². The molecule has 150 valence electrons. The minimum absolute atomic E-state index is 0.0691. The van der Waals surface area contributed by atoms with Crippen molar-refractivity contribution in [3.63, 3.8) is 0 Å². The maximum atomic E-state index is 13.0. The summed E-state index contributed by atoms with van der Waals surface area (Å²) in [4.78, 5) is 24.4. The van der Waals surface area contributed by atoms with Gasteiger partial charge < -0.3 is 18.9 Å². The molecule has 0 saturated heterocycles. The molecule has 1 atom stereocenters. The van der Waals surface area contributed by atoms with Crippen molar-refractivity contribution >= 4 is 11.8 Å². The first kappa shape index (κ1) is 21.2. The van der Waals surface area contributed by atoms with Crippen molar-refractivity contribution in [3.8, 4) is 17.2 Å². The number of rotatable bonds is 9. The molecule has 28 heavy (non-hydrogen) atoms. The van der Waals surface area contributed by atoms with E-state index in [0.717, 1.165) is 5.56 Å². The maximum Gasteiger partial charge on any atom is 0.306 e. The molecule has 0 heterocycles. The van der Waals surface area contributed by atoms with Crippen LogP contribution in [0.5, 0.6) is 17.2 Å². The first-order valence-electron chi connectivity index (χ1n) is 8.67. The molecule has 0 saturated carbocycles. The van der Waals surface area contributed by atoms with E-state index in [9.17, 15) is 14.0 Å². The van der Waals surface area contributed by atoms with Gasteiger partial charge in [0.2, 0.25) is 11.5 Å². The van der Waals surface area contributed by atoms with Crippen LogP contribution in [0.2, 0.25) is 0 Å². The lowest BCUT2D eigenvalue weighted by Gasteiger charge is -2.15. The molecule has 0 fully saturated rings. The second-order valence-electron chi connectivity index (χ2n) is 6.04. The molecule has 0 aliphatic rings. The van der Waals surface area contributed by atoms with Crippen LogP contribution >= 0.6 is 0 Å². The highest BCUT2D eigenvalue weighted by atomic mass is 19.1. The highest BCUT2D eigenvalue weighted by Crippen LogP contribution is 2.38. The van der Waals surface area contributed by atoms with Crippen molar-refractivity contribution in [1.29, 1.82) is 0 Å². The zero-order valence-corrected chi connectivity index (χ0v) is 16.3. The SMILES string of the molecule is COc1cc(CCC(=O)O[C@@H](C)C(=O)c2ccc(F)cc2)cc(OC)c1OC. The van der Waals surface area contributed by atoms with Crippen LogP contribution in [0.25, 0.3) is 0 Å². The second kappa shape index (κ2) is 9.73. The van der Waals surface area contributed by atoms with Crippen LogP contribution in [0.3, 0.4) is 0 Å². The van der Waals surface area contributed by atoms with Gasteiger partial charge >= 0.3 is 5.97 Å². The third-order valence-corrected chi connectivity index (χ3v) is 4.15. The number of ether oxygens (including phenoxy) is 4. The number of esters is 1. The lowest BCUT2D eigenvalue weighted by atomic mass is 10.1. The minimum Gasteiger partial charge on any atom is -0.493 e. The fourth-order valence-corrected chi connectivity index (χ4v) is 2.68. The molecule has 2 rings (SSSR count). The van der Waals surface area contributed by atoms with Gasteiger partial charge in [-0.05, 0) is 55.3 Å². The van der Waals surface area contributed by atoms with Gasteiger partial charge in [-0.3, -0.25) is 9.59 Å². The van der Waals surface area contributed by atoms with Crippen LogP contribution in [-0.4, -0.2) is 39.2 Å². The normalized spacial score (nSPS) is 11.5. The largest absolute Gasteiger partial charge is 0.493 e. The van der Waals surface area contributed by atoms with Crippen molar-refractivity contribution < 1.29 is 32.9 Å². The van der Waals surface area contributed by atoms with Gasteiger partial charge in [0.1, 0.15) is 5.82 Å². The summed E-state index contributed by atoms with van der Waals surface area (Å²) in [5, 5.41) is 0. The number of ketones is 1. The van der Waals surface area contributed by atoms with Crippen LogP contribution in [0, 0.1) is 5.82 Å². The summed E-state index contributed by atoms with van der Waals surface area (Å²) in [5.74, 6) is 0.106. The summed E-state index contributed by atoms with van der Waals surface area (Å²) in [6.45, 7) is 1.49. The maximum absolute atomic E-state index is 13.0. The molecule has 0 aliphatic carbocycles. The molecule has 0 N–H and O–H groups in total. The number of halogens is 1. The quantitative estimate of drug-likeness (QED) is 0.481. The Balaban J connectivity index is 1.98. The Morgan fingerprint density at radius 3 is 2.04 bits per heavy atom. The van der Waals surface area contributed by atoms with Crippen molar-refractivity contribution in [1.82, 2.24) is 0 Å². The van der Waals surface area contributed by atoms with Crippen molar-refractivity contribution in [2.24, 2.45) is 0 Å². The molecule has 7 heteroatoms. The lowest BCUT2D eigenvalue weighted by molar-refractivity contribution is -0.146. The van der Waals surface area contributed by atoms with Crippen molar-refractivity contribution in [3.05, 3.63) is 53.3 Å². The molecule has 2 aromatic rings. The number of carbonyl (C=O) groups excluding carboxylic acids is 2. The second-order valence-corrected chi connectivity index (χ2v) is 6.04. The number of methoxy groups -OCH3 is 3. The van der Waals surface area contributed by atoms with Gasteiger partial charge in [0, 0.05) is 12.0 Å². The summed E-state index contributed by atoms with van der Waals surface area (Å²) >= 11 is 0. The molecule has 0 unspecified atom stereocenters. The van der Waals surface area contributed by atoms with Crippen LogP contribution in [0.4, 0.5) is 4.39 Å². The highest BCUT2D eigenvalue weighted by Gasteiger charge is 2.20. The summed E-state index contributed by atoms with van der Waals surface area (Å²) < 4.78 is 34.0. The molecular formula is C21H23FO6. The zero-order valence-electron chi connectivity index (χ0n) is 16.3. The number of benzene rings is 2. The Hall–Kier alpha value is -3.09. The highest BCUT2D eigenvalue weighted by molar-refractivity contribution is 6.00. The number of Topliss-reactive ketones (excluding diaryl/α,β-unsaturated/α-hetero) is 1. The van der Waals surface area contributed by atoms with Gasteiger partial charge in [0.25, 0.3) is 0 Å². The van der Waals surface area contributed by atoms with Gasteiger partial charge in [-0.25, -0.2) is 4.39 Å². The summed E-state index contributed by atoms with van der Waals surface area (Å²) in [5.41, 5.74) is 1.08. The van der Waals surface area contributed by atoms with Gasteiger partial charge in [-0.2, -0.15) is 0 Å². The van der Waals surface area contributed by atoms with E-state index < -0.39 is 17.9 Å². The van der Waals surface area contributed by atoms with Crippen molar-refractivity contribution in [2.75, 3.05) is 21.3 Å². The van der Waals surface area contributed by atoms with E-state index in [1.807, 2.05) is 0 Å². The van der Waals surface area contributed by atoms with E-state index in [1.54, 1.807) is 12.1 Å². The summed E-state index contributed by atoms with van der Waals surface area (Å²) in [6, 6.07) is 8.59. The molecule has 2 aromatic carbocycles. The molecule has 0 radical (unpaired) electrons. The Bertz CT molecular complexity index is 806. The zero-order chi connectivity index (χ0) is 20.7. The van der Waals surface area contributed by atoms with Gasteiger partial charge in [0.05, 0.1) is 21.3 Å². The third-order valence-electron chi connectivity index (χ3n) is 4.15. The van der Waals surface area contributed by atoms with Crippen LogP contribution < -0.4 is 14.2 Å². The van der Waals surface area contributed by atoms with Crippen molar-refractivity contribution in [2.45, 2.75) is 25.9 Å². The fourth-order valence-electron chi connectivity index (χ4n) is 2.68. The average Bonchev–Trinajstić information content (AvgIpc) is 2.71. The molecule has 0 aliphatic heterocycles. The minimum atomic E-state index is -0.960. The average molecular weight is 390 g/mol. The predicted octanol–water partition coefficient (Wildman–Crippen LogP) is 3.60. The molecule has 0 aromatic heterocycles. The third kappa shape index (κ3) is 5.22. The van der Waals surface area contributed by atoms with E-state index in [4.69, 9.17) is 18.9 Å². The number of aryl methyl sites for hydroxylation is 1. The lowest BCUT2D eigenvalue weighted by Crippen LogP contribution is -2.24. The topological polar surface area (TPSA) is 71.1 Å². The molecule has 0 amide bonds. The van der Waals surface area contributed by atoms with E-state index >= 15 is 0 Å². The first-order valence-corrected chi connectivity index (χ1v) is 8.67. The molecular weight excluding hydrogens is 367 g/mol. The van der Waals surface area contributed by atoms with E-state index in [1.165, 1.54) is 52.5 Å². The van der Waals surface area contributed by atoms with E-state index in [-0.39, 0.29) is 17.8 Å². The van der Waals surface area contributed by atoms with Crippen LogP contribution in [0.15, 0.2) is 36.4 Å². The van der Waals surface area contributed by atoms with Gasteiger partial charge in [-0.15, -0.1) is 0 Å². The molecule has 6 nitrogen and oxygen atoms in total. The molecule has 0 bridgehead atoms. The standard InChI is InChI=1S/C21H23FO6/c1-13(20(24)15-6-8-16(22)9-7-15)28-19(23)10-5-14-11-17(25-2)21(27-4)18(12-14)26-3/h6-9,11-13H,5,10H2,1-4H3/t13-/m0/s1. The smallest absolute Gasteiger partial charge is 0.306 e. The summed E-state index contributed by atoms with van der Waals surface area (Å²) in [6.07, 6.45) is -0.523. The number of carbonyl (C=O) groups is 2. The summed E-state index contributed by atoms with van der Waals surface area (Å²) in [7, 11) is 4.53. The Kier molecular flexibility index (Phi) is 7.37. The molecule has 0 spiro atoms. The van der Waals surface area contributed by atoms with Gasteiger partial charge in [0.15, 0.2) is 17.6 Å². The Morgan fingerprint density at radius 2 is 1.54 bits per heavy atom. The fraction of sp³-hybridized carbons (Fsp3) is 0.333. The first-order chi connectivity index (χ1) is 13.4. The Labute approximate surface area is 163 Å². The monoisotopic (exact) mass is 390 g/mol.